The summed E-state index contributed by atoms with van der Waals surface area (Å²) < 4.78 is 1.89. The van der Waals surface area contributed by atoms with Gasteiger partial charge >= 0.3 is 0 Å². The number of benzene rings is 1. The highest BCUT2D eigenvalue weighted by atomic mass is 15.3. The number of nitrogens with two attached hydrogens (primary N) is 1. The monoisotopic (exact) mass is 241 g/mol. The molecule has 0 amide bonds. The number of fused-ring (bicyclic) bond motifs is 1. The van der Waals surface area contributed by atoms with Crippen LogP contribution in [0.5, 0.6) is 0 Å². The Labute approximate surface area is 105 Å². The van der Waals surface area contributed by atoms with Crippen molar-refractivity contribution in [1.82, 2.24) is 19.7 Å². The molecule has 3 rings (SSSR count). The van der Waals surface area contributed by atoms with E-state index in [1.807, 2.05) is 23.9 Å². The first-order chi connectivity index (χ1) is 8.78. The van der Waals surface area contributed by atoms with Gasteiger partial charge in [0.2, 0.25) is 0 Å². The standard InChI is InChI=1S/C13H15N5/c1-18-10(4-5-14)7-12(17-18)9-2-3-11-13(6-9)16-8-15-11/h2-3,6-8H,4-5,14H2,1H3,(H,15,16). The van der Waals surface area contributed by atoms with E-state index in [-0.39, 0.29) is 0 Å². The molecule has 1 aromatic carbocycles. The summed E-state index contributed by atoms with van der Waals surface area (Å²) in [6, 6.07) is 8.19. The largest absolute Gasteiger partial charge is 0.345 e. The zero-order valence-corrected chi connectivity index (χ0v) is 10.2. The number of hydrogen-bond acceptors (Lipinski definition) is 3. The maximum Gasteiger partial charge on any atom is 0.0931 e. The van der Waals surface area contributed by atoms with Crippen LogP contribution in [0, 0.1) is 0 Å². The van der Waals surface area contributed by atoms with Crippen LogP contribution in [0.3, 0.4) is 0 Å². The second-order valence-corrected chi connectivity index (χ2v) is 4.32. The zero-order chi connectivity index (χ0) is 12.5. The number of hydrogen-bond donors (Lipinski definition) is 2. The Hall–Kier alpha value is -2.14. The van der Waals surface area contributed by atoms with Gasteiger partial charge in [-0.3, -0.25) is 4.68 Å². The first-order valence-corrected chi connectivity index (χ1v) is 5.94. The fourth-order valence-corrected chi connectivity index (χ4v) is 2.12. The van der Waals surface area contributed by atoms with E-state index >= 15 is 0 Å². The van der Waals surface area contributed by atoms with E-state index in [0.717, 1.165) is 34.4 Å². The number of H-pyrrole nitrogens is 1. The van der Waals surface area contributed by atoms with Crippen LogP contribution in [0.4, 0.5) is 0 Å². The van der Waals surface area contributed by atoms with Crippen molar-refractivity contribution in [3.8, 4) is 11.3 Å². The fourth-order valence-electron chi connectivity index (χ4n) is 2.12. The predicted molar refractivity (Wildman–Crippen MR) is 71.1 cm³/mol. The molecule has 0 unspecified atom stereocenters. The van der Waals surface area contributed by atoms with Crippen molar-refractivity contribution >= 4 is 11.0 Å². The Morgan fingerprint density at radius 3 is 3.06 bits per heavy atom. The van der Waals surface area contributed by atoms with Crippen LogP contribution in [0.15, 0.2) is 30.6 Å². The lowest BCUT2D eigenvalue weighted by molar-refractivity contribution is 0.708. The lowest BCUT2D eigenvalue weighted by atomic mass is 10.1. The summed E-state index contributed by atoms with van der Waals surface area (Å²) in [5.74, 6) is 0. The van der Waals surface area contributed by atoms with E-state index in [9.17, 15) is 0 Å². The number of nitrogens with one attached hydrogen (secondary N) is 1. The van der Waals surface area contributed by atoms with Gasteiger partial charge in [0.15, 0.2) is 0 Å². The van der Waals surface area contributed by atoms with Crippen molar-refractivity contribution in [3.63, 3.8) is 0 Å². The summed E-state index contributed by atoms with van der Waals surface area (Å²) in [6.07, 6.45) is 2.54. The molecule has 0 fully saturated rings. The second kappa shape index (κ2) is 4.27. The highest BCUT2D eigenvalue weighted by Crippen LogP contribution is 2.22. The van der Waals surface area contributed by atoms with Crippen molar-refractivity contribution in [3.05, 3.63) is 36.3 Å². The van der Waals surface area contributed by atoms with Gasteiger partial charge in [-0.1, -0.05) is 6.07 Å². The minimum atomic E-state index is 0.637. The Morgan fingerprint density at radius 1 is 1.33 bits per heavy atom. The number of aromatic nitrogens is 4. The van der Waals surface area contributed by atoms with E-state index in [1.165, 1.54) is 0 Å². The molecule has 0 aliphatic rings. The molecule has 0 saturated carbocycles. The SMILES string of the molecule is Cn1nc(-c2ccc3nc[nH]c3c2)cc1CCN. The number of rotatable bonds is 3. The number of aryl methyl sites for hydroxylation is 1. The smallest absolute Gasteiger partial charge is 0.0931 e. The van der Waals surface area contributed by atoms with Crippen LogP contribution >= 0.6 is 0 Å². The first kappa shape index (κ1) is 11.0. The third-order valence-corrected chi connectivity index (χ3v) is 3.09. The minimum absolute atomic E-state index is 0.637. The zero-order valence-electron chi connectivity index (χ0n) is 10.2. The van der Waals surface area contributed by atoms with Gasteiger partial charge in [0, 0.05) is 24.7 Å². The molecule has 0 bridgehead atoms. The van der Waals surface area contributed by atoms with E-state index in [2.05, 4.69) is 27.2 Å². The normalized spacial score (nSPS) is 11.2. The van der Waals surface area contributed by atoms with E-state index in [1.54, 1.807) is 6.33 Å². The van der Waals surface area contributed by atoms with Gasteiger partial charge in [0.25, 0.3) is 0 Å². The maximum absolute atomic E-state index is 5.58. The van der Waals surface area contributed by atoms with Crippen LogP contribution in [0.25, 0.3) is 22.3 Å². The molecule has 0 aliphatic carbocycles. The Kier molecular flexibility index (Phi) is 2.60. The van der Waals surface area contributed by atoms with E-state index in [0.29, 0.717) is 6.54 Å². The van der Waals surface area contributed by atoms with Gasteiger partial charge in [0.05, 0.1) is 23.1 Å². The van der Waals surface area contributed by atoms with Gasteiger partial charge in [-0.15, -0.1) is 0 Å². The predicted octanol–water partition coefficient (Wildman–Crippen LogP) is 1.46. The van der Waals surface area contributed by atoms with E-state index < -0.39 is 0 Å². The maximum atomic E-state index is 5.58. The highest BCUT2D eigenvalue weighted by molar-refractivity contribution is 5.80. The summed E-state index contributed by atoms with van der Waals surface area (Å²) in [6.45, 7) is 0.637. The third-order valence-electron chi connectivity index (χ3n) is 3.09. The minimum Gasteiger partial charge on any atom is -0.345 e. The molecule has 0 saturated heterocycles. The van der Waals surface area contributed by atoms with Crippen LogP contribution in [-0.2, 0) is 13.5 Å². The summed E-state index contributed by atoms with van der Waals surface area (Å²) in [7, 11) is 1.95. The molecule has 5 heteroatoms. The molecule has 92 valence electrons. The molecular formula is C13H15N5. The molecule has 0 radical (unpaired) electrons. The van der Waals surface area contributed by atoms with Crippen molar-refractivity contribution in [2.75, 3.05) is 6.54 Å². The molecule has 5 nitrogen and oxygen atoms in total. The number of nitrogens with zero attached hydrogens (tertiary/aromatic N) is 3. The van der Waals surface area contributed by atoms with Gasteiger partial charge in [-0.05, 0) is 24.7 Å². The quantitative estimate of drug-likeness (QED) is 0.729. The van der Waals surface area contributed by atoms with Crippen LogP contribution in [-0.4, -0.2) is 26.3 Å². The summed E-state index contributed by atoms with van der Waals surface area (Å²) in [5.41, 5.74) is 10.8. The van der Waals surface area contributed by atoms with Crippen molar-refractivity contribution in [2.24, 2.45) is 12.8 Å². The van der Waals surface area contributed by atoms with Crippen molar-refractivity contribution in [2.45, 2.75) is 6.42 Å². The highest BCUT2D eigenvalue weighted by Gasteiger charge is 2.07. The van der Waals surface area contributed by atoms with Gasteiger partial charge in [-0.25, -0.2) is 4.98 Å². The molecular weight excluding hydrogens is 226 g/mol. The first-order valence-electron chi connectivity index (χ1n) is 5.94. The molecule has 2 heterocycles. The topological polar surface area (TPSA) is 72.5 Å². The lowest BCUT2D eigenvalue weighted by Crippen LogP contribution is -2.06. The molecule has 0 spiro atoms. The van der Waals surface area contributed by atoms with Crippen LogP contribution < -0.4 is 5.73 Å². The Bertz CT molecular complexity index is 680. The average Bonchev–Trinajstić information content (AvgIpc) is 2.96. The molecule has 18 heavy (non-hydrogen) atoms. The Morgan fingerprint density at radius 2 is 2.22 bits per heavy atom. The third kappa shape index (κ3) is 1.78. The molecule has 0 atom stereocenters. The van der Waals surface area contributed by atoms with Crippen molar-refractivity contribution < 1.29 is 0 Å². The molecule has 3 N–H and O–H groups in total. The van der Waals surface area contributed by atoms with E-state index in [4.69, 9.17) is 5.73 Å². The summed E-state index contributed by atoms with van der Waals surface area (Å²) >= 11 is 0. The molecule has 2 aromatic heterocycles. The van der Waals surface area contributed by atoms with Crippen molar-refractivity contribution in [1.29, 1.82) is 0 Å². The van der Waals surface area contributed by atoms with Crippen LogP contribution in [0.2, 0.25) is 0 Å². The summed E-state index contributed by atoms with van der Waals surface area (Å²) in [5, 5.41) is 4.52. The van der Waals surface area contributed by atoms with Crippen LogP contribution in [0.1, 0.15) is 5.69 Å². The lowest BCUT2D eigenvalue weighted by Gasteiger charge is -1.96. The number of aromatic amines is 1. The summed E-state index contributed by atoms with van der Waals surface area (Å²) in [4.78, 5) is 7.32. The van der Waals surface area contributed by atoms with Gasteiger partial charge in [-0.2, -0.15) is 5.10 Å². The second-order valence-electron chi connectivity index (χ2n) is 4.32. The Balaban J connectivity index is 2.05. The molecule has 3 aromatic rings. The van der Waals surface area contributed by atoms with Gasteiger partial charge < -0.3 is 10.7 Å². The molecule has 0 aliphatic heterocycles. The number of imidazole rings is 1. The van der Waals surface area contributed by atoms with Gasteiger partial charge in [0.1, 0.15) is 0 Å². The fraction of sp³-hybridized carbons (Fsp3) is 0.231. The average molecular weight is 241 g/mol.